The fourth-order valence-electron chi connectivity index (χ4n) is 2.54. The van der Waals surface area contributed by atoms with Gasteiger partial charge in [0, 0.05) is 19.3 Å². The van der Waals surface area contributed by atoms with Crippen LogP contribution in [0.1, 0.15) is 44.6 Å². The molecule has 0 aliphatic heterocycles. The number of carbonyl (C=O) groups excluding carboxylic acids is 1. The van der Waals surface area contributed by atoms with Crippen LogP contribution in [0.4, 0.5) is 4.79 Å². The summed E-state index contributed by atoms with van der Waals surface area (Å²) in [6.07, 6.45) is 8.01. The van der Waals surface area contributed by atoms with E-state index in [0.29, 0.717) is 13.1 Å². The highest BCUT2D eigenvalue weighted by Gasteiger charge is 2.11. The maximum absolute atomic E-state index is 12.2. The number of amides is 2. The second-order valence-electron chi connectivity index (χ2n) is 5.31. The summed E-state index contributed by atoms with van der Waals surface area (Å²) in [4.78, 5) is 14.0. The van der Waals surface area contributed by atoms with E-state index in [4.69, 9.17) is 0 Å². The largest absolute Gasteiger partial charge is 0.321 e. The molecule has 2 rings (SSSR count). The number of benzene rings is 1. The van der Waals surface area contributed by atoms with Gasteiger partial charge in [-0.15, -0.1) is 0 Å². The van der Waals surface area contributed by atoms with E-state index in [1.807, 2.05) is 36.2 Å². The summed E-state index contributed by atoms with van der Waals surface area (Å²) >= 11 is 0. The predicted octanol–water partition coefficient (Wildman–Crippen LogP) is 4.07. The lowest BCUT2D eigenvalue weighted by Gasteiger charge is -2.21. The number of nitrogens with one attached hydrogen (secondary N) is 1. The van der Waals surface area contributed by atoms with Gasteiger partial charge in [0.2, 0.25) is 0 Å². The fraction of sp³-hybridized carbons (Fsp3) is 0.471. The minimum atomic E-state index is -0.00516. The van der Waals surface area contributed by atoms with Crippen LogP contribution in [-0.4, -0.2) is 17.5 Å². The molecule has 1 fully saturated rings. The van der Waals surface area contributed by atoms with Gasteiger partial charge in [-0.3, -0.25) is 0 Å². The molecule has 1 N–H and O–H groups in total. The summed E-state index contributed by atoms with van der Waals surface area (Å²) in [5.41, 5.74) is 2.54. The Morgan fingerprint density at radius 3 is 2.55 bits per heavy atom. The summed E-state index contributed by atoms with van der Waals surface area (Å²) in [5.74, 6) is 0. The topological polar surface area (TPSA) is 32.3 Å². The van der Waals surface area contributed by atoms with Crippen LogP contribution in [0.15, 0.2) is 42.1 Å². The number of urea groups is 1. The van der Waals surface area contributed by atoms with Crippen molar-refractivity contribution in [2.24, 2.45) is 0 Å². The molecule has 0 atom stereocenters. The Hall–Kier alpha value is -1.77. The van der Waals surface area contributed by atoms with Gasteiger partial charge in [0.05, 0.1) is 0 Å². The fourth-order valence-corrected chi connectivity index (χ4v) is 2.54. The van der Waals surface area contributed by atoms with E-state index in [1.165, 1.54) is 24.8 Å². The van der Waals surface area contributed by atoms with Crippen molar-refractivity contribution in [2.45, 2.75) is 45.6 Å². The van der Waals surface area contributed by atoms with Crippen molar-refractivity contribution in [1.29, 1.82) is 0 Å². The molecule has 0 heterocycles. The normalized spacial score (nSPS) is 14.8. The van der Waals surface area contributed by atoms with Gasteiger partial charge in [0.1, 0.15) is 0 Å². The van der Waals surface area contributed by atoms with Crippen LogP contribution < -0.4 is 5.32 Å². The van der Waals surface area contributed by atoms with Gasteiger partial charge in [-0.1, -0.05) is 42.3 Å². The lowest BCUT2D eigenvalue weighted by atomic mass is 9.96. The monoisotopic (exact) mass is 272 g/mol. The third-order valence-corrected chi connectivity index (χ3v) is 3.78. The van der Waals surface area contributed by atoms with Crippen LogP contribution in [0, 0.1) is 0 Å². The van der Waals surface area contributed by atoms with Crippen LogP contribution in [0.3, 0.4) is 0 Å². The van der Waals surface area contributed by atoms with Crippen LogP contribution in [0.25, 0.3) is 0 Å². The van der Waals surface area contributed by atoms with Crippen LogP contribution in [0.2, 0.25) is 0 Å². The third-order valence-electron chi connectivity index (χ3n) is 3.78. The number of nitrogens with zero attached hydrogens (tertiary/aromatic N) is 1. The van der Waals surface area contributed by atoms with Gasteiger partial charge in [-0.05, 0) is 38.2 Å². The van der Waals surface area contributed by atoms with E-state index in [1.54, 1.807) is 0 Å². The first-order chi connectivity index (χ1) is 9.79. The number of allylic oxidation sites excluding steroid dienone is 1. The molecule has 1 saturated carbocycles. The van der Waals surface area contributed by atoms with E-state index in [0.717, 1.165) is 18.4 Å². The molecule has 0 spiro atoms. The Kier molecular flexibility index (Phi) is 5.66. The van der Waals surface area contributed by atoms with E-state index < -0.39 is 0 Å². The van der Waals surface area contributed by atoms with Crippen molar-refractivity contribution >= 4 is 6.03 Å². The molecule has 0 unspecified atom stereocenters. The van der Waals surface area contributed by atoms with E-state index in [2.05, 4.69) is 17.4 Å². The lowest BCUT2D eigenvalue weighted by Crippen LogP contribution is -2.37. The molecule has 3 heteroatoms. The Morgan fingerprint density at radius 1 is 1.20 bits per heavy atom. The molecule has 0 radical (unpaired) electrons. The Balaban J connectivity index is 1.88. The van der Waals surface area contributed by atoms with Gasteiger partial charge >= 0.3 is 6.03 Å². The molecule has 0 bridgehead atoms. The average molecular weight is 272 g/mol. The maximum Gasteiger partial charge on any atom is 0.321 e. The van der Waals surface area contributed by atoms with Crippen molar-refractivity contribution in [1.82, 2.24) is 10.2 Å². The minimum absolute atomic E-state index is 0.00516. The molecule has 0 aromatic heterocycles. The highest BCUT2D eigenvalue weighted by atomic mass is 16.2. The van der Waals surface area contributed by atoms with Crippen molar-refractivity contribution in [3.63, 3.8) is 0 Å². The summed E-state index contributed by atoms with van der Waals surface area (Å²) in [7, 11) is 0. The molecule has 2 amide bonds. The molecule has 1 aromatic carbocycles. The van der Waals surface area contributed by atoms with Gasteiger partial charge in [0.25, 0.3) is 0 Å². The summed E-state index contributed by atoms with van der Waals surface area (Å²) in [6, 6.07) is 10.1. The number of hydrogen-bond acceptors (Lipinski definition) is 1. The van der Waals surface area contributed by atoms with Crippen LogP contribution in [-0.2, 0) is 6.54 Å². The zero-order valence-corrected chi connectivity index (χ0v) is 12.3. The zero-order chi connectivity index (χ0) is 14.2. The first kappa shape index (κ1) is 14.6. The van der Waals surface area contributed by atoms with Crippen molar-refractivity contribution in [2.75, 3.05) is 6.54 Å². The molecule has 3 nitrogen and oxygen atoms in total. The van der Waals surface area contributed by atoms with Gasteiger partial charge in [-0.25, -0.2) is 4.79 Å². The second-order valence-corrected chi connectivity index (χ2v) is 5.31. The molecule has 1 aromatic rings. The smallest absolute Gasteiger partial charge is 0.321 e. The standard InChI is InChI=1S/C17H24N2O/c1-2-19(14-16-11-7-4-8-12-16)17(20)18-13-15-9-5-3-6-10-15/h4,7-8,11-13H,2-3,5-6,9-10,14H2,1H3,(H,18,20). The minimum Gasteiger partial charge on any atom is -0.321 e. The van der Waals surface area contributed by atoms with Crippen molar-refractivity contribution in [3.05, 3.63) is 47.7 Å². The van der Waals surface area contributed by atoms with Crippen molar-refractivity contribution < 1.29 is 4.79 Å². The highest BCUT2D eigenvalue weighted by molar-refractivity contribution is 5.75. The molecular weight excluding hydrogens is 248 g/mol. The SMILES string of the molecule is CCN(Cc1ccccc1)C(=O)NC=C1CCCCC1. The maximum atomic E-state index is 12.2. The molecule has 1 aliphatic carbocycles. The average Bonchev–Trinajstić information content (AvgIpc) is 2.52. The summed E-state index contributed by atoms with van der Waals surface area (Å²) in [6.45, 7) is 3.38. The van der Waals surface area contributed by atoms with Crippen molar-refractivity contribution in [3.8, 4) is 0 Å². The Bertz CT molecular complexity index is 445. The predicted molar refractivity (Wildman–Crippen MR) is 82.2 cm³/mol. The molecule has 20 heavy (non-hydrogen) atoms. The molecule has 1 aliphatic rings. The molecule has 108 valence electrons. The van der Waals surface area contributed by atoms with E-state index in [9.17, 15) is 4.79 Å². The first-order valence-corrected chi connectivity index (χ1v) is 7.57. The van der Waals surface area contributed by atoms with E-state index >= 15 is 0 Å². The number of hydrogen-bond donors (Lipinski definition) is 1. The van der Waals surface area contributed by atoms with Gasteiger partial charge in [0.15, 0.2) is 0 Å². The highest BCUT2D eigenvalue weighted by Crippen LogP contribution is 2.21. The van der Waals surface area contributed by atoms with Gasteiger partial charge < -0.3 is 10.2 Å². The molecular formula is C17H24N2O. The summed E-state index contributed by atoms with van der Waals surface area (Å²) in [5, 5.41) is 2.95. The lowest BCUT2D eigenvalue weighted by molar-refractivity contribution is 0.202. The van der Waals surface area contributed by atoms with Crippen LogP contribution >= 0.6 is 0 Å². The number of carbonyl (C=O) groups is 1. The first-order valence-electron chi connectivity index (χ1n) is 7.57. The van der Waals surface area contributed by atoms with E-state index in [-0.39, 0.29) is 6.03 Å². The Morgan fingerprint density at radius 2 is 1.90 bits per heavy atom. The Labute approximate surface area is 121 Å². The zero-order valence-electron chi connectivity index (χ0n) is 12.3. The number of rotatable bonds is 4. The molecule has 0 saturated heterocycles. The third kappa shape index (κ3) is 4.41. The summed E-state index contributed by atoms with van der Waals surface area (Å²) < 4.78 is 0. The quantitative estimate of drug-likeness (QED) is 0.880. The van der Waals surface area contributed by atoms with Gasteiger partial charge in [-0.2, -0.15) is 0 Å². The van der Waals surface area contributed by atoms with Crippen LogP contribution in [0.5, 0.6) is 0 Å². The second kappa shape index (κ2) is 7.73.